The van der Waals surface area contributed by atoms with Crippen LogP contribution in [0.4, 0.5) is 5.69 Å². The van der Waals surface area contributed by atoms with Crippen molar-refractivity contribution < 1.29 is 17.8 Å². The smallest absolute Gasteiger partial charge is 0.289 e. The Kier molecular flexibility index (Phi) is 4.76. The topological polar surface area (TPSA) is 101 Å². The first-order valence-electron chi connectivity index (χ1n) is 8.54. The molecule has 6 nitrogen and oxygen atoms in total. The number of carbonyl (C=O) groups excluding carboxylic acids is 1. The Hall–Kier alpha value is -2.97. The molecule has 0 spiro atoms. The Morgan fingerprint density at radius 2 is 1.55 bits per heavy atom. The lowest BCUT2D eigenvalue weighted by Crippen LogP contribution is -2.36. The van der Waals surface area contributed by atoms with Crippen LogP contribution in [0, 0.1) is 0 Å². The molecule has 146 valence electrons. The lowest BCUT2D eigenvalue weighted by atomic mass is 9.93. The molecule has 0 unspecified atom stereocenters. The van der Waals surface area contributed by atoms with E-state index in [1.54, 1.807) is 6.07 Å². The molecule has 3 N–H and O–H groups in total. The largest absolute Gasteiger partial charge is 0.373 e. The van der Waals surface area contributed by atoms with Gasteiger partial charge in [-0.1, -0.05) is 41.9 Å². The van der Waals surface area contributed by atoms with Crippen molar-refractivity contribution in [1.29, 1.82) is 0 Å². The van der Waals surface area contributed by atoms with Crippen molar-refractivity contribution in [3.8, 4) is 0 Å². The zero-order valence-corrected chi connectivity index (χ0v) is 16.5. The minimum absolute atomic E-state index is 0.0270. The van der Waals surface area contributed by atoms with E-state index in [-0.39, 0.29) is 15.9 Å². The molecule has 0 saturated carbocycles. The van der Waals surface area contributed by atoms with Gasteiger partial charge in [-0.2, -0.15) is 12.8 Å². The summed E-state index contributed by atoms with van der Waals surface area (Å²) in [5.41, 5.74) is 0.880. The van der Waals surface area contributed by atoms with Crippen molar-refractivity contribution in [2.75, 3.05) is 4.41 Å². The third-order valence-electron chi connectivity index (χ3n) is 4.70. The van der Waals surface area contributed by atoms with Gasteiger partial charge in [0.1, 0.15) is 0 Å². The van der Waals surface area contributed by atoms with Crippen LogP contribution >= 0.6 is 11.6 Å². The second-order valence-electron chi connectivity index (χ2n) is 6.48. The van der Waals surface area contributed by atoms with Crippen LogP contribution in [0.1, 0.15) is 15.9 Å². The molecule has 0 bridgehead atoms. The number of ketones is 1. The van der Waals surface area contributed by atoms with Crippen LogP contribution in [0.5, 0.6) is 0 Å². The normalized spacial score (nSPS) is 11.7. The number of hydrogen-bond donors (Lipinski definition) is 2. The monoisotopic (exact) mass is 426 g/mol. The molecule has 8 heteroatoms. The Bertz CT molecular complexity index is 1370. The molecule has 29 heavy (non-hydrogen) atoms. The summed E-state index contributed by atoms with van der Waals surface area (Å²) >= 11 is 6.13. The third-order valence-corrected chi connectivity index (χ3v) is 5.64. The van der Waals surface area contributed by atoms with E-state index in [4.69, 9.17) is 22.0 Å². The number of fused-ring (bicyclic) bond motifs is 3. The summed E-state index contributed by atoms with van der Waals surface area (Å²) in [4.78, 5) is 13.2. The molecule has 0 atom stereocenters. The van der Waals surface area contributed by atoms with E-state index in [1.165, 1.54) is 24.3 Å². The molecule has 4 rings (SSSR count). The van der Waals surface area contributed by atoms with Crippen molar-refractivity contribution in [2.45, 2.75) is 0 Å². The molecule has 0 aromatic heterocycles. The Morgan fingerprint density at radius 3 is 2.21 bits per heavy atom. The van der Waals surface area contributed by atoms with Crippen LogP contribution in [-0.2, 0) is 10.3 Å². The number of halogens is 1. The van der Waals surface area contributed by atoms with Crippen LogP contribution in [-0.4, -0.2) is 18.8 Å². The number of nitrogens with two attached hydrogens (primary N) is 1. The van der Waals surface area contributed by atoms with Crippen molar-refractivity contribution in [3.63, 3.8) is 0 Å². The first-order valence-corrected chi connectivity index (χ1v) is 10.3. The van der Waals surface area contributed by atoms with Crippen molar-refractivity contribution in [1.82, 2.24) is 0 Å². The van der Waals surface area contributed by atoms with Crippen LogP contribution in [0.25, 0.3) is 21.5 Å². The number of anilines is 1. The zero-order chi connectivity index (χ0) is 20.8. The summed E-state index contributed by atoms with van der Waals surface area (Å²) in [5.74, 6) is 5.13. The molecule has 0 fully saturated rings. The zero-order valence-electron chi connectivity index (χ0n) is 14.9. The van der Waals surface area contributed by atoms with E-state index in [0.29, 0.717) is 16.1 Å². The Balaban J connectivity index is 1.84. The van der Waals surface area contributed by atoms with Gasteiger partial charge in [0.25, 0.3) is 0 Å². The molecule has 0 aliphatic rings. The summed E-state index contributed by atoms with van der Waals surface area (Å²) < 4.78 is 31.6. The summed E-state index contributed by atoms with van der Waals surface area (Å²) in [5, 5.41) is 4.14. The summed E-state index contributed by atoms with van der Waals surface area (Å²) in [6.07, 6.45) is 0. The molecule has 4 aromatic rings. The van der Waals surface area contributed by atoms with E-state index in [9.17, 15) is 13.2 Å². The number of hydrogen-bond acceptors (Lipinski definition) is 4. The molecule has 0 heterocycles. The maximum Gasteiger partial charge on any atom is 0.373 e. The number of hydrazine groups is 1. The molecular formula is C21H15ClN2O4S. The van der Waals surface area contributed by atoms with Crippen molar-refractivity contribution in [3.05, 3.63) is 88.9 Å². The van der Waals surface area contributed by atoms with E-state index in [2.05, 4.69) is 0 Å². The third kappa shape index (κ3) is 3.56. The highest BCUT2D eigenvalue weighted by Gasteiger charge is 2.18. The number of nitrogens with zero attached hydrogens (tertiary/aromatic N) is 1. The van der Waals surface area contributed by atoms with Gasteiger partial charge in [-0.25, -0.2) is 5.84 Å². The molecule has 0 radical (unpaired) electrons. The van der Waals surface area contributed by atoms with E-state index in [0.717, 1.165) is 21.5 Å². The highest BCUT2D eigenvalue weighted by Crippen LogP contribution is 2.32. The Labute approximate surface area is 172 Å². The minimum atomic E-state index is -4.58. The molecular weight excluding hydrogens is 412 g/mol. The second-order valence-corrected chi connectivity index (χ2v) is 8.21. The maximum absolute atomic E-state index is 13.2. The van der Waals surface area contributed by atoms with E-state index >= 15 is 0 Å². The average Bonchev–Trinajstić information content (AvgIpc) is 2.71. The van der Waals surface area contributed by atoms with Gasteiger partial charge in [0, 0.05) is 16.1 Å². The van der Waals surface area contributed by atoms with Gasteiger partial charge in [-0.3, -0.25) is 9.35 Å². The van der Waals surface area contributed by atoms with Crippen LogP contribution in [0.3, 0.4) is 0 Å². The molecule has 0 saturated heterocycles. The second kappa shape index (κ2) is 7.13. The van der Waals surface area contributed by atoms with Gasteiger partial charge in [0.2, 0.25) is 0 Å². The van der Waals surface area contributed by atoms with Gasteiger partial charge < -0.3 is 0 Å². The highest BCUT2D eigenvalue weighted by molar-refractivity contribution is 7.87. The highest BCUT2D eigenvalue weighted by atomic mass is 35.5. The number of carbonyl (C=O) groups is 1. The standard InChI is InChI=1S/C21H15ClN2O4S/c22-15-7-10-17-14(11-15)12-20(19-4-2-1-3-18(17)19)21(25)13-5-8-16(9-6-13)24(23)29(26,27)28/h1-12H,23H2,(H,26,27,28). The minimum Gasteiger partial charge on any atom is -0.289 e. The van der Waals surface area contributed by atoms with Gasteiger partial charge >= 0.3 is 10.3 Å². The van der Waals surface area contributed by atoms with Crippen LogP contribution in [0.15, 0.2) is 72.8 Å². The summed E-state index contributed by atoms with van der Waals surface area (Å²) in [7, 11) is -4.58. The lowest BCUT2D eigenvalue weighted by molar-refractivity contribution is 0.104. The molecule has 0 aliphatic heterocycles. The fraction of sp³-hybridized carbons (Fsp3) is 0. The first-order chi connectivity index (χ1) is 13.8. The van der Waals surface area contributed by atoms with Crippen LogP contribution in [0.2, 0.25) is 5.02 Å². The predicted molar refractivity (Wildman–Crippen MR) is 115 cm³/mol. The predicted octanol–water partition coefficient (Wildman–Crippen LogP) is 4.36. The fourth-order valence-corrected chi connectivity index (χ4v) is 3.89. The number of rotatable bonds is 4. The summed E-state index contributed by atoms with van der Waals surface area (Å²) in [6, 6.07) is 20.6. The molecule has 4 aromatic carbocycles. The Morgan fingerprint density at radius 1 is 0.897 bits per heavy atom. The molecule has 0 amide bonds. The van der Waals surface area contributed by atoms with Crippen molar-refractivity contribution in [2.24, 2.45) is 5.84 Å². The van der Waals surface area contributed by atoms with Gasteiger partial charge in [0.15, 0.2) is 5.78 Å². The maximum atomic E-state index is 13.2. The van der Waals surface area contributed by atoms with E-state index < -0.39 is 10.3 Å². The quantitative estimate of drug-likeness (QED) is 0.166. The van der Waals surface area contributed by atoms with Crippen molar-refractivity contribution >= 4 is 54.9 Å². The first kappa shape index (κ1) is 19.4. The van der Waals surface area contributed by atoms with E-state index in [1.807, 2.05) is 42.5 Å². The fourth-order valence-electron chi connectivity index (χ4n) is 3.32. The van der Waals surface area contributed by atoms with Gasteiger partial charge in [0.05, 0.1) is 5.69 Å². The average molecular weight is 427 g/mol. The molecule has 0 aliphatic carbocycles. The summed E-state index contributed by atoms with van der Waals surface area (Å²) in [6.45, 7) is 0. The van der Waals surface area contributed by atoms with Gasteiger partial charge in [-0.05, 0) is 64.0 Å². The SMILES string of the molecule is NN(c1ccc(C(=O)c2cc3cc(Cl)ccc3c3ccccc23)cc1)S(=O)(=O)O. The lowest BCUT2D eigenvalue weighted by Gasteiger charge is -2.14. The van der Waals surface area contributed by atoms with Crippen LogP contribution < -0.4 is 10.3 Å². The van der Waals surface area contributed by atoms with Gasteiger partial charge in [-0.15, -0.1) is 0 Å². The number of benzene rings is 4.